The number of fused-ring (bicyclic) bond motifs is 1. The topological polar surface area (TPSA) is 84.6 Å². The highest BCUT2D eigenvalue weighted by Gasteiger charge is 2.16. The minimum Gasteiger partial charge on any atom is -0.493 e. The van der Waals surface area contributed by atoms with Gasteiger partial charge in [0.25, 0.3) is 5.91 Å². The van der Waals surface area contributed by atoms with Crippen LogP contribution in [0, 0.1) is 0 Å². The number of anilines is 2. The van der Waals surface area contributed by atoms with Crippen LogP contribution >= 0.6 is 11.6 Å². The first-order valence-corrected chi connectivity index (χ1v) is 11.1. The molecule has 0 aliphatic carbocycles. The van der Waals surface area contributed by atoms with Gasteiger partial charge in [0.1, 0.15) is 0 Å². The fourth-order valence-electron chi connectivity index (χ4n) is 3.87. The summed E-state index contributed by atoms with van der Waals surface area (Å²) in [6.07, 6.45) is 2.68. The molecule has 0 unspecified atom stereocenters. The summed E-state index contributed by atoms with van der Waals surface area (Å²) >= 11 is 6.21. The van der Waals surface area contributed by atoms with Gasteiger partial charge >= 0.3 is 0 Å². The van der Waals surface area contributed by atoms with Gasteiger partial charge in [-0.15, -0.1) is 0 Å². The first kappa shape index (κ1) is 23.3. The van der Waals surface area contributed by atoms with Crippen molar-refractivity contribution in [2.24, 2.45) is 0 Å². The van der Waals surface area contributed by atoms with Crippen LogP contribution in [-0.2, 0) is 6.42 Å². The van der Waals surface area contributed by atoms with Crippen molar-refractivity contribution < 1.29 is 19.0 Å². The van der Waals surface area contributed by atoms with E-state index < -0.39 is 0 Å². The van der Waals surface area contributed by atoms with Crippen molar-refractivity contribution in [3.05, 3.63) is 76.9 Å². The number of carbonyl (C=O) groups excluding carboxylic acids is 1. The number of carbonyl (C=O) groups is 1. The second-order valence-corrected chi connectivity index (χ2v) is 8.03. The van der Waals surface area contributed by atoms with E-state index in [-0.39, 0.29) is 5.91 Å². The number of amides is 1. The highest BCUT2D eigenvalue weighted by Crippen LogP contribution is 2.41. The summed E-state index contributed by atoms with van der Waals surface area (Å²) in [5, 5.41) is 7.89. The SMILES string of the molecule is COc1cc(Nc2ccc(Cl)cc2C(=O)NCCc2c[nH]c3ccccc23)cc(OC)c1OC. The first-order chi connectivity index (χ1) is 16.5. The van der Waals surface area contributed by atoms with E-state index in [1.165, 1.54) is 0 Å². The molecule has 1 amide bonds. The van der Waals surface area contributed by atoms with Gasteiger partial charge in [0.2, 0.25) is 5.75 Å². The standard InChI is InChI=1S/C26H26ClN3O4/c1-32-23-13-18(14-24(33-2)25(23)34-3)30-22-9-8-17(27)12-20(22)26(31)28-11-10-16-15-29-21-7-5-4-6-19(16)21/h4-9,12-15,29-30H,10-11H2,1-3H3,(H,28,31). The Balaban J connectivity index is 1.52. The zero-order chi connectivity index (χ0) is 24.1. The molecule has 0 fully saturated rings. The zero-order valence-electron chi connectivity index (χ0n) is 19.2. The van der Waals surface area contributed by atoms with Gasteiger partial charge in [-0.3, -0.25) is 4.79 Å². The molecule has 4 aromatic rings. The Morgan fingerprint density at radius 2 is 1.71 bits per heavy atom. The van der Waals surface area contributed by atoms with Crippen LogP contribution in [-0.4, -0.2) is 38.8 Å². The van der Waals surface area contributed by atoms with Crippen molar-refractivity contribution in [1.82, 2.24) is 10.3 Å². The average Bonchev–Trinajstić information content (AvgIpc) is 3.27. The maximum atomic E-state index is 13.1. The molecule has 1 aromatic heterocycles. The molecule has 7 nitrogen and oxygen atoms in total. The summed E-state index contributed by atoms with van der Waals surface area (Å²) in [5.41, 5.74) is 3.93. The largest absolute Gasteiger partial charge is 0.493 e. The third kappa shape index (κ3) is 4.89. The lowest BCUT2D eigenvalue weighted by atomic mass is 10.1. The molecule has 3 N–H and O–H groups in total. The van der Waals surface area contributed by atoms with Gasteiger partial charge in [-0.2, -0.15) is 0 Å². The number of aromatic nitrogens is 1. The van der Waals surface area contributed by atoms with E-state index in [0.717, 1.165) is 16.5 Å². The molecule has 0 saturated heterocycles. The number of para-hydroxylation sites is 1. The molecule has 3 aromatic carbocycles. The van der Waals surface area contributed by atoms with Crippen molar-refractivity contribution in [3.63, 3.8) is 0 Å². The number of benzene rings is 3. The average molecular weight is 480 g/mol. The summed E-state index contributed by atoms with van der Waals surface area (Å²) in [6.45, 7) is 0.483. The molecule has 4 rings (SSSR count). The lowest BCUT2D eigenvalue weighted by Crippen LogP contribution is -2.26. The second-order valence-electron chi connectivity index (χ2n) is 7.59. The van der Waals surface area contributed by atoms with Crippen molar-refractivity contribution >= 4 is 39.8 Å². The van der Waals surface area contributed by atoms with E-state index in [9.17, 15) is 4.79 Å². The zero-order valence-corrected chi connectivity index (χ0v) is 20.0. The maximum absolute atomic E-state index is 13.1. The molecule has 34 heavy (non-hydrogen) atoms. The molecular formula is C26H26ClN3O4. The van der Waals surface area contributed by atoms with Crippen LogP contribution < -0.4 is 24.8 Å². The van der Waals surface area contributed by atoms with Gasteiger partial charge in [0.05, 0.1) is 32.6 Å². The Labute approximate surface area is 203 Å². The lowest BCUT2D eigenvalue weighted by Gasteiger charge is -2.17. The molecular weight excluding hydrogens is 454 g/mol. The van der Waals surface area contributed by atoms with Gasteiger partial charge in [0, 0.05) is 46.5 Å². The van der Waals surface area contributed by atoms with Crippen molar-refractivity contribution in [1.29, 1.82) is 0 Å². The van der Waals surface area contributed by atoms with Gasteiger partial charge in [0.15, 0.2) is 11.5 Å². The van der Waals surface area contributed by atoms with Crippen LogP contribution in [0.5, 0.6) is 17.2 Å². The quantitative estimate of drug-likeness (QED) is 0.292. The number of halogens is 1. The highest BCUT2D eigenvalue weighted by atomic mass is 35.5. The van der Waals surface area contributed by atoms with Crippen molar-refractivity contribution in [2.45, 2.75) is 6.42 Å². The van der Waals surface area contributed by atoms with E-state index in [4.69, 9.17) is 25.8 Å². The van der Waals surface area contributed by atoms with Crippen LogP contribution in [0.15, 0.2) is 60.8 Å². The molecule has 8 heteroatoms. The van der Waals surface area contributed by atoms with E-state index in [1.54, 1.807) is 51.7 Å². The Bertz CT molecular complexity index is 1290. The summed E-state index contributed by atoms with van der Waals surface area (Å²) in [6, 6.07) is 16.8. The lowest BCUT2D eigenvalue weighted by molar-refractivity contribution is 0.0955. The number of rotatable bonds is 9. The number of aromatic amines is 1. The fraction of sp³-hybridized carbons (Fsp3) is 0.192. The van der Waals surface area contributed by atoms with Crippen molar-refractivity contribution in [3.8, 4) is 17.2 Å². The number of methoxy groups -OCH3 is 3. The van der Waals surface area contributed by atoms with E-state index in [1.807, 2.05) is 24.4 Å². The van der Waals surface area contributed by atoms with Gasteiger partial charge in [-0.1, -0.05) is 29.8 Å². The summed E-state index contributed by atoms with van der Waals surface area (Å²) in [5.74, 6) is 1.27. The van der Waals surface area contributed by atoms with Gasteiger partial charge in [-0.25, -0.2) is 0 Å². The van der Waals surface area contributed by atoms with Gasteiger partial charge < -0.3 is 29.8 Å². The van der Waals surface area contributed by atoms with Crippen LogP contribution in [0.3, 0.4) is 0 Å². The van der Waals surface area contributed by atoms with Crippen LogP contribution in [0.1, 0.15) is 15.9 Å². The molecule has 0 radical (unpaired) electrons. The summed E-state index contributed by atoms with van der Waals surface area (Å²) in [7, 11) is 4.65. The van der Waals surface area contributed by atoms with E-state index in [0.29, 0.717) is 52.2 Å². The van der Waals surface area contributed by atoms with Crippen LogP contribution in [0.25, 0.3) is 10.9 Å². The number of H-pyrrole nitrogens is 1. The summed E-state index contributed by atoms with van der Waals surface area (Å²) in [4.78, 5) is 16.3. The Morgan fingerprint density at radius 1 is 0.971 bits per heavy atom. The number of hydrogen-bond donors (Lipinski definition) is 3. The molecule has 176 valence electrons. The minimum absolute atomic E-state index is 0.225. The number of nitrogens with one attached hydrogen (secondary N) is 3. The highest BCUT2D eigenvalue weighted by molar-refractivity contribution is 6.31. The molecule has 0 aliphatic heterocycles. The molecule has 0 aliphatic rings. The molecule has 1 heterocycles. The normalized spacial score (nSPS) is 10.7. The number of ether oxygens (including phenoxy) is 3. The van der Waals surface area contributed by atoms with Crippen LogP contribution in [0.4, 0.5) is 11.4 Å². The molecule has 0 atom stereocenters. The first-order valence-electron chi connectivity index (χ1n) is 10.7. The third-order valence-electron chi connectivity index (χ3n) is 5.52. The number of hydrogen-bond acceptors (Lipinski definition) is 5. The predicted octanol–water partition coefficient (Wildman–Crippen LogP) is 5.56. The third-order valence-corrected chi connectivity index (χ3v) is 5.76. The van der Waals surface area contributed by atoms with Crippen molar-refractivity contribution in [2.75, 3.05) is 33.2 Å². The Hall–Kier alpha value is -3.84. The minimum atomic E-state index is -0.225. The van der Waals surface area contributed by atoms with Crippen LogP contribution in [0.2, 0.25) is 5.02 Å². The predicted molar refractivity (Wildman–Crippen MR) is 135 cm³/mol. The second kappa shape index (κ2) is 10.4. The van der Waals surface area contributed by atoms with E-state index >= 15 is 0 Å². The van der Waals surface area contributed by atoms with E-state index in [2.05, 4.69) is 21.7 Å². The maximum Gasteiger partial charge on any atom is 0.253 e. The Morgan fingerprint density at radius 3 is 2.41 bits per heavy atom. The summed E-state index contributed by atoms with van der Waals surface area (Å²) < 4.78 is 16.2. The fourth-order valence-corrected chi connectivity index (χ4v) is 4.04. The molecule has 0 bridgehead atoms. The Kier molecular flexibility index (Phi) is 7.13. The van der Waals surface area contributed by atoms with Gasteiger partial charge in [-0.05, 0) is 36.2 Å². The smallest absolute Gasteiger partial charge is 0.253 e. The molecule has 0 spiro atoms. The monoisotopic (exact) mass is 479 g/mol. The molecule has 0 saturated carbocycles.